The highest BCUT2D eigenvalue weighted by molar-refractivity contribution is 9.10. The highest BCUT2D eigenvalue weighted by Crippen LogP contribution is 2.15. The number of hydrogen-bond acceptors (Lipinski definition) is 2. The van der Waals surface area contributed by atoms with Gasteiger partial charge in [0.2, 0.25) is 0 Å². The number of aryl methyl sites for hydroxylation is 1. The zero-order valence-corrected chi connectivity index (χ0v) is 11.3. The van der Waals surface area contributed by atoms with Gasteiger partial charge in [-0.25, -0.2) is 0 Å². The molecule has 1 amide bonds. The summed E-state index contributed by atoms with van der Waals surface area (Å²) in [6.07, 6.45) is 2.36. The Bertz CT molecular complexity index is 385. The molecule has 0 unspecified atom stereocenters. The Morgan fingerprint density at radius 3 is 2.69 bits per heavy atom. The molecular weight excluding hydrogens is 272 g/mol. The molecule has 0 saturated carbocycles. The van der Waals surface area contributed by atoms with Crippen LogP contribution in [0.1, 0.15) is 30.8 Å². The summed E-state index contributed by atoms with van der Waals surface area (Å²) >= 11 is 3.32. The van der Waals surface area contributed by atoms with Gasteiger partial charge in [-0.1, -0.05) is 0 Å². The van der Waals surface area contributed by atoms with Crippen molar-refractivity contribution in [1.82, 2.24) is 9.88 Å². The molecular formula is C11H17BrN2O2. The van der Waals surface area contributed by atoms with E-state index in [0.717, 1.165) is 4.47 Å². The second kappa shape index (κ2) is 5.01. The fraction of sp³-hybridized carbons (Fsp3) is 0.545. The van der Waals surface area contributed by atoms with Crippen molar-refractivity contribution >= 4 is 21.8 Å². The fourth-order valence-electron chi connectivity index (χ4n) is 1.46. The Labute approximate surface area is 104 Å². The Hall–Kier alpha value is -0.810. The smallest absolute Gasteiger partial charge is 0.268 e. The van der Waals surface area contributed by atoms with E-state index in [-0.39, 0.29) is 12.5 Å². The molecule has 0 radical (unpaired) electrons. The summed E-state index contributed by atoms with van der Waals surface area (Å²) in [5, 5.41) is 11.8. The van der Waals surface area contributed by atoms with E-state index >= 15 is 0 Å². The van der Waals surface area contributed by atoms with Crippen LogP contribution in [0.5, 0.6) is 0 Å². The number of amides is 1. The molecule has 2 N–H and O–H groups in total. The van der Waals surface area contributed by atoms with Crippen LogP contribution in [0.25, 0.3) is 0 Å². The van der Waals surface area contributed by atoms with Crippen molar-refractivity contribution in [3.05, 3.63) is 22.4 Å². The number of aliphatic hydroxyl groups excluding tert-OH is 1. The van der Waals surface area contributed by atoms with Gasteiger partial charge in [-0.05, 0) is 42.3 Å². The van der Waals surface area contributed by atoms with E-state index in [4.69, 9.17) is 5.11 Å². The van der Waals surface area contributed by atoms with Crippen LogP contribution in [0.3, 0.4) is 0 Å². The van der Waals surface area contributed by atoms with E-state index in [1.807, 2.05) is 27.1 Å². The molecule has 0 aromatic carbocycles. The van der Waals surface area contributed by atoms with Gasteiger partial charge >= 0.3 is 0 Å². The third-order valence-electron chi connectivity index (χ3n) is 2.39. The molecule has 16 heavy (non-hydrogen) atoms. The summed E-state index contributed by atoms with van der Waals surface area (Å²) in [5.74, 6) is -0.133. The lowest BCUT2D eigenvalue weighted by atomic mass is 10.0. The van der Waals surface area contributed by atoms with Gasteiger partial charge in [-0.3, -0.25) is 4.79 Å². The average Bonchev–Trinajstić information content (AvgIpc) is 2.44. The number of carbonyl (C=O) groups excluding carboxylic acids is 1. The number of carbonyl (C=O) groups is 1. The highest BCUT2D eigenvalue weighted by atomic mass is 79.9. The van der Waals surface area contributed by atoms with Crippen LogP contribution in [0.15, 0.2) is 16.7 Å². The normalized spacial score (nSPS) is 11.6. The molecule has 0 aliphatic carbocycles. The zero-order chi connectivity index (χ0) is 12.3. The maximum absolute atomic E-state index is 11.9. The molecule has 0 saturated heterocycles. The van der Waals surface area contributed by atoms with Crippen LogP contribution in [0.2, 0.25) is 0 Å². The minimum atomic E-state index is -0.400. The Kier molecular flexibility index (Phi) is 4.15. The molecule has 0 spiro atoms. The molecule has 1 heterocycles. The van der Waals surface area contributed by atoms with Gasteiger partial charge in [0.05, 0.1) is 0 Å². The lowest BCUT2D eigenvalue weighted by molar-refractivity contribution is 0.0891. The van der Waals surface area contributed by atoms with Crippen molar-refractivity contribution in [2.24, 2.45) is 7.05 Å². The maximum atomic E-state index is 11.9. The Morgan fingerprint density at radius 2 is 2.25 bits per heavy atom. The van der Waals surface area contributed by atoms with Crippen molar-refractivity contribution < 1.29 is 9.90 Å². The molecule has 1 aromatic rings. The standard InChI is InChI=1S/C11H17BrN2O2/c1-11(2,4-5-15)13-10(16)9-6-8(12)7-14(9)3/h6-7,15H,4-5H2,1-3H3,(H,13,16). The molecule has 0 aliphatic rings. The van der Waals surface area contributed by atoms with Crippen LogP contribution in [0.4, 0.5) is 0 Å². The summed E-state index contributed by atoms with van der Waals surface area (Å²) in [7, 11) is 1.82. The van der Waals surface area contributed by atoms with Gasteiger partial charge in [-0.2, -0.15) is 0 Å². The van der Waals surface area contributed by atoms with Gasteiger partial charge < -0.3 is 15.0 Å². The van der Waals surface area contributed by atoms with Crippen molar-refractivity contribution in [2.45, 2.75) is 25.8 Å². The molecule has 0 bridgehead atoms. The van der Waals surface area contributed by atoms with Crippen LogP contribution < -0.4 is 5.32 Å². The van der Waals surface area contributed by atoms with Crippen LogP contribution in [-0.2, 0) is 7.05 Å². The fourth-order valence-corrected chi connectivity index (χ4v) is 1.99. The number of nitrogens with one attached hydrogen (secondary N) is 1. The molecule has 5 heteroatoms. The van der Waals surface area contributed by atoms with E-state index in [2.05, 4.69) is 21.2 Å². The van der Waals surface area contributed by atoms with Gasteiger partial charge in [-0.15, -0.1) is 0 Å². The van der Waals surface area contributed by atoms with Crippen molar-refractivity contribution in [1.29, 1.82) is 0 Å². The van der Waals surface area contributed by atoms with E-state index in [1.54, 1.807) is 10.6 Å². The highest BCUT2D eigenvalue weighted by Gasteiger charge is 2.21. The van der Waals surface area contributed by atoms with Crippen molar-refractivity contribution in [2.75, 3.05) is 6.61 Å². The van der Waals surface area contributed by atoms with Crippen LogP contribution in [0, 0.1) is 0 Å². The molecule has 4 nitrogen and oxygen atoms in total. The zero-order valence-electron chi connectivity index (χ0n) is 9.75. The molecule has 0 aliphatic heterocycles. The maximum Gasteiger partial charge on any atom is 0.268 e. The number of nitrogens with zero attached hydrogens (tertiary/aromatic N) is 1. The minimum absolute atomic E-state index is 0.0596. The summed E-state index contributed by atoms with van der Waals surface area (Å²) in [4.78, 5) is 11.9. The van der Waals surface area contributed by atoms with Gasteiger partial charge in [0.1, 0.15) is 5.69 Å². The first-order valence-electron chi connectivity index (χ1n) is 5.11. The average molecular weight is 289 g/mol. The predicted molar refractivity (Wildman–Crippen MR) is 66.4 cm³/mol. The molecule has 0 atom stereocenters. The number of halogens is 1. The summed E-state index contributed by atoms with van der Waals surface area (Å²) in [6, 6.07) is 1.77. The van der Waals surface area contributed by atoms with E-state index in [0.29, 0.717) is 12.1 Å². The first-order valence-corrected chi connectivity index (χ1v) is 5.90. The van der Waals surface area contributed by atoms with E-state index in [1.165, 1.54) is 0 Å². The van der Waals surface area contributed by atoms with Crippen molar-refractivity contribution in [3.8, 4) is 0 Å². The van der Waals surface area contributed by atoms with Crippen LogP contribution in [-0.4, -0.2) is 27.7 Å². The first kappa shape index (κ1) is 13.3. The minimum Gasteiger partial charge on any atom is -0.396 e. The second-order valence-electron chi connectivity index (χ2n) is 4.47. The third kappa shape index (κ3) is 3.35. The topological polar surface area (TPSA) is 54.3 Å². The lowest BCUT2D eigenvalue weighted by Crippen LogP contribution is -2.44. The Balaban J connectivity index is 2.76. The molecule has 1 rings (SSSR count). The number of aliphatic hydroxyl groups is 1. The third-order valence-corrected chi connectivity index (χ3v) is 2.83. The lowest BCUT2D eigenvalue weighted by Gasteiger charge is -2.25. The quantitative estimate of drug-likeness (QED) is 0.886. The number of hydrogen-bond donors (Lipinski definition) is 2. The van der Waals surface area contributed by atoms with E-state index in [9.17, 15) is 4.79 Å². The van der Waals surface area contributed by atoms with Crippen LogP contribution >= 0.6 is 15.9 Å². The molecule has 1 aromatic heterocycles. The first-order chi connectivity index (χ1) is 7.35. The molecule has 90 valence electrons. The van der Waals surface area contributed by atoms with Gasteiger partial charge in [0.25, 0.3) is 5.91 Å². The number of rotatable bonds is 4. The Morgan fingerprint density at radius 1 is 1.62 bits per heavy atom. The summed E-state index contributed by atoms with van der Waals surface area (Å²) in [6.45, 7) is 3.84. The largest absolute Gasteiger partial charge is 0.396 e. The SMILES string of the molecule is Cn1cc(Br)cc1C(=O)NC(C)(C)CCO. The predicted octanol–water partition coefficient (Wildman–Crippen LogP) is 1.68. The summed E-state index contributed by atoms with van der Waals surface area (Å²) < 4.78 is 2.63. The number of aromatic nitrogens is 1. The molecule has 0 fully saturated rings. The second-order valence-corrected chi connectivity index (χ2v) is 5.38. The summed E-state index contributed by atoms with van der Waals surface area (Å²) in [5.41, 5.74) is 0.195. The monoisotopic (exact) mass is 288 g/mol. The van der Waals surface area contributed by atoms with Gasteiger partial charge in [0.15, 0.2) is 0 Å². The van der Waals surface area contributed by atoms with Crippen molar-refractivity contribution in [3.63, 3.8) is 0 Å². The van der Waals surface area contributed by atoms with E-state index < -0.39 is 5.54 Å². The van der Waals surface area contributed by atoms with Gasteiger partial charge in [0, 0.05) is 29.9 Å².